The lowest BCUT2D eigenvalue weighted by atomic mass is 9.84. The first-order valence-electron chi connectivity index (χ1n) is 4.39. The van der Waals surface area contributed by atoms with E-state index >= 15 is 0 Å². The molecule has 3 N–H and O–H groups in total. The topological polar surface area (TPSA) is 78.4 Å². The molecule has 2 saturated heterocycles. The van der Waals surface area contributed by atoms with Crippen LogP contribution in [0.25, 0.3) is 0 Å². The molecule has 0 aromatic heterocycles. The van der Waals surface area contributed by atoms with Gasteiger partial charge < -0.3 is 15.7 Å². The third-order valence-corrected chi connectivity index (χ3v) is 2.95. The van der Waals surface area contributed by atoms with E-state index in [1.165, 1.54) is 0 Å². The largest absolute Gasteiger partial charge is 0.480 e. The Morgan fingerprint density at radius 3 is 2.85 bits per heavy atom. The molecule has 2 rings (SSSR count). The minimum absolute atomic E-state index is 0.00347. The van der Waals surface area contributed by atoms with Crippen LogP contribution >= 0.6 is 0 Å². The predicted molar refractivity (Wildman–Crippen MR) is 44.1 cm³/mol. The maximum absolute atomic E-state index is 11.4. The van der Waals surface area contributed by atoms with Crippen molar-refractivity contribution in [1.82, 2.24) is 10.6 Å². The van der Waals surface area contributed by atoms with Crippen LogP contribution in [-0.2, 0) is 9.59 Å². The van der Waals surface area contributed by atoms with Crippen LogP contribution in [0.15, 0.2) is 0 Å². The minimum atomic E-state index is -0.864. The summed E-state index contributed by atoms with van der Waals surface area (Å²) in [5.74, 6) is -0.861. The van der Waals surface area contributed by atoms with Gasteiger partial charge in [0.2, 0.25) is 5.91 Å². The van der Waals surface area contributed by atoms with Gasteiger partial charge in [-0.25, -0.2) is 0 Å². The highest BCUT2D eigenvalue weighted by Gasteiger charge is 2.49. The molecule has 13 heavy (non-hydrogen) atoms. The number of carboxylic acid groups (broad SMARTS) is 1. The zero-order valence-electron chi connectivity index (χ0n) is 7.17. The number of rotatable bonds is 1. The number of aliphatic carboxylic acids is 1. The Kier molecular flexibility index (Phi) is 1.76. The van der Waals surface area contributed by atoms with Crippen molar-refractivity contribution in [3.05, 3.63) is 0 Å². The Morgan fingerprint density at radius 1 is 1.62 bits per heavy atom. The molecule has 0 saturated carbocycles. The summed E-state index contributed by atoms with van der Waals surface area (Å²) in [7, 11) is 0. The first-order valence-corrected chi connectivity index (χ1v) is 4.39. The lowest BCUT2D eigenvalue weighted by Gasteiger charge is -2.16. The molecule has 0 aliphatic carbocycles. The molecular formula is C8H12N2O3. The molecule has 2 fully saturated rings. The van der Waals surface area contributed by atoms with Gasteiger partial charge in [-0.15, -0.1) is 0 Å². The monoisotopic (exact) mass is 184 g/mol. The Labute approximate surface area is 75.5 Å². The van der Waals surface area contributed by atoms with Crippen molar-refractivity contribution >= 4 is 11.9 Å². The summed E-state index contributed by atoms with van der Waals surface area (Å²) < 4.78 is 0. The first kappa shape index (κ1) is 8.50. The molecular weight excluding hydrogens is 172 g/mol. The van der Waals surface area contributed by atoms with Gasteiger partial charge in [-0.1, -0.05) is 0 Å². The highest BCUT2D eigenvalue weighted by Crippen LogP contribution is 2.35. The van der Waals surface area contributed by atoms with Crippen molar-refractivity contribution in [2.24, 2.45) is 5.41 Å². The zero-order valence-corrected chi connectivity index (χ0v) is 7.17. The molecule has 72 valence electrons. The molecule has 2 aliphatic heterocycles. The molecule has 1 amide bonds. The summed E-state index contributed by atoms with van der Waals surface area (Å²) in [4.78, 5) is 22.1. The van der Waals surface area contributed by atoms with E-state index in [4.69, 9.17) is 5.11 Å². The first-order chi connectivity index (χ1) is 6.14. The number of carbonyl (C=O) groups excluding carboxylic acids is 1. The number of hydrogen-bond acceptors (Lipinski definition) is 3. The highest BCUT2D eigenvalue weighted by atomic mass is 16.4. The van der Waals surface area contributed by atoms with Crippen LogP contribution < -0.4 is 10.6 Å². The summed E-state index contributed by atoms with van der Waals surface area (Å²) in [6.07, 6.45) is 1.18. The number of amides is 1. The van der Waals surface area contributed by atoms with Crippen LogP contribution in [0.4, 0.5) is 0 Å². The van der Waals surface area contributed by atoms with E-state index in [9.17, 15) is 9.59 Å². The lowest BCUT2D eigenvalue weighted by Crippen LogP contribution is -2.32. The van der Waals surface area contributed by atoms with Crippen LogP contribution in [0, 0.1) is 5.41 Å². The van der Waals surface area contributed by atoms with E-state index in [0.717, 1.165) is 6.42 Å². The molecule has 2 aliphatic rings. The van der Waals surface area contributed by atoms with Crippen LogP contribution in [0.3, 0.4) is 0 Å². The van der Waals surface area contributed by atoms with E-state index in [2.05, 4.69) is 10.6 Å². The quantitative estimate of drug-likeness (QED) is 0.485. The number of nitrogens with one attached hydrogen (secondary N) is 2. The maximum Gasteiger partial charge on any atom is 0.320 e. The Morgan fingerprint density at radius 2 is 2.38 bits per heavy atom. The summed E-state index contributed by atoms with van der Waals surface area (Å²) >= 11 is 0. The van der Waals surface area contributed by atoms with E-state index in [0.29, 0.717) is 19.5 Å². The summed E-state index contributed by atoms with van der Waals surface area (Å²) in [5.41, 5.74) is -0.441. The third kappa shape index (κ3) is 1.19. The van der Waals surface area contributed by atoms with Crippen LogP contribution in [-0.4, -0.2) is 36.1 Å². The van der Waals surface area contributed by atoms with Crippen LogP contribution in [0.2, 0.25) is 0 Å². The summed E-state index contributed by atoms with van der Waals surface area (Å²) in [6, 6.07) is -0.552. The Hall–Kier alpha value is -1.10. The second-order valence-electron chi connectivity index (χ2n) is 3.76. The van der Waals surface area contributed by atoms with Crippen molar-refractivity contribution in [2.75, 3.05) is 13.1 Å². The molecule has 5 heteroatoms. The van der Waals surface area contributed by atoms with Gasteiger partial charge in [-0.3, -0.25) is 9.59 Å². The summed E-state index contributed by atoms with van der Waals surface area (Å²) in [5, 5.41) is 14.3. The molecule has 2 unspecified atom stereocenters. The molecule has 2 heterocycles. The Balaban J connectivity index is 2.12. The van der Waals surface area contributed by atoms with E-state index in [-0.39, 0.29) is 5.91 Å². The van der Waals surface area contributed by atoms with Gasteiger partial charge in [0.25, 0.3) is 0 Å². The van der Waals surface area contributed by atoms with E-state index < -0.39 is 17.4 Å². The van der Waals surface area contributed by atoms with Gasteiger partial charge in [0.15, 0.2) is 0 Å². The average molecular weight is 184 g/mol. The smallest absolute Gasteiger partial charge is 0.320 e. The van der Waals surface area contributed by atoms with Crippen molar-refractivity contribution in [2.45, 2.75) is 18.9 Å². The lowest BCUT2D eigenvalue weighted by molar-refractivity contribution is -0.139. The molecule has 2 atom stereocenters. The van der Waals surface area contributed by atoms with Crippen molar-refractivity contribution in [3.8, 4) is 0 Å². The summed E-state index contributed by atoms with van der Waals surface area (Å²) in [6.45, 7) is 1.17. The molecule has 0 aromatic rings. The van der Waals surface area contributed by atoms with Gasteiger partial charge in [0, 0.05) is 13.1 Å². The molecule has 0 aromatic carbocycles. The van der Waals surface area contributed by atoms with Crippen molar-refractivity contribution in [1.29, 1.82) is 0 Å². The zero-order chi connectivity index (χ0) is 9.47. The minimum Gasteiger partial charge on any atom is -0.480 e. The van der Waals surface area contributed by atoms with Gasteiger partial charge in [-0.2, -0.15) is 0 Å². The van der Waals surface area contributed by atoms with Crippen molar-refractivity contribution < 1.29 is 14.7 Å². The number of carbonyl (C=O) groups is 2. The van der Waals surface area contributed by atoms with E-state index in [1.807, 2.05) is 0 Å². The normalized spacial score (nSPS) is 38.2. The molecule has 1 spiro atoms. The second kappa shape index (κ2) is 2.70. The third-order valence-electron chi connectivity index (χ3n) is 2.95. The Bertz CT molecular complexity index is 266. The van der Waals surface area contributed by atoms with E-state index in [1.54, 1.807) is 0 Å². The fraction of sp³-hybridized carbons (Fsp3) is 0.750. The molecule has 0 radical (unpaired) electrons. The molecule has 0 bridgehead atoms. The van der Waals surface area contributed by atoms with Gasteiger partial charge in [0.1, 0.15) is 6.04 Å². The fourth-order valence-corrected chi connectivity index (χ4v) is 2.11. The van der Waals surface area contributed by atoms with Crippen LogP contribution in [0.1, 0.15) is 12.8 Å². The van der Waals surface area contributed by atoms with Gasteiger partial charge >= 0.3 is 5.97 Å². The standard InChI is InChI=1S/C8H12N2O3/c11-6(12)5-3-8(4-10-5)1-2-9-7(8)13/h5,10H,1-4H2,(H,9,13)(H,11,12). The molecule has 5 nitrogen and oxygen atoms in total. The van der Waals surface area contributed by atoms with Gasteiger partial charge in [0.05, 0.1) is 5.41 Å². The van der Waals surface area contributed by atoms with Gasteiger partial charge in [-0.05, 0) is 12.8 Å². The fourth-order valence-electron chi connectivity index (χ4n) is 2.11. The highest BCUT2D eigenvalue weighted by molar-refractivity contribution is 5.87. The van der Waals surface area contributed by atoms with Crippen molar-refractivity contribution in [3.63, 3.8) is 0 Å². The SMILES string of the molecule is O=C(O)C1CC2(CCNC2=O)CN1. The number of carboxylic acids is 1. The average Bonchev–Trinajstić information content (AvgIpc) is 2.63. The maximum atomic E-state index is 11.4. The number of hydrogen-bond donors (Lipinski definition) is 3. The second-order valence-corrected chi connectivity index (χ2v) is 3.76. The van der Waals surface area contributed by atoms with Crippen LogP contribution in [0.5, 0.6) is 0 Å². The predicted octanol–water partition coefficient (Wildman–Crippen LogP) is -1.06.